The number of benzene rings is 3. The Kier molecular flexibility index (Phi) is 7.19. The highest BCUT2D eigenvalue weighted by molar-refractivity contribution is 7.99. The summed E-state index contributed by atoms with van der Waals surface area (Å²) in [5.74, 6) is -0.253. The van der Waals surface area contributed by atoms with E-state index < -0.39 is 5.82 Å². The summed E-state index contributed by atoms with van der Waals surface area (Å²) >= 11 is 1.34. The van der Waals surface area contributed by atoms with E-state index in [-0.39, 0.29) is 24.1 Å². The molecule has 1 N–H and O–H groups in total. The summed E-state index contributed by atoms with van der Waals surface area (Å²) in [6.07, 6.45) is 0. The second-order valence-corrected chi connectivity index (χ2v) is 7.16. The molecule has 0 aliphatic carbocycles. The van der Waals surface area contributed by atoms with Gasteiger partial charge in [-0.15, -0.1) is 11.8 Å². The van der Waals surface area contributed by atoms with E-state index in [1.807, 2.05) is 12.1 Å². The fraction of sp³-hybridized carbons (Fsp3) is 0.0870. The number of nitrogens with one attached hydrogen (secondary N) is 1. The summed E-state index contributed by atoms with van der Waals surface area (Å²) in [5, 5.41) is 11.5. The van der Waals surface area contributed by atoms with Gasteiger partial charge in [0, 0.05) is 16.0 Å². The Hall–Kier alpha value is -3.63. The zero-order valence-electron chi connectivity index (χ0n) is 15.8. The van der Waals surface area contributed by atoms with Crippen LogP contribution in [-0.2, 0) is 4.79 Å². The Bertz CT molecular complexity index is 1080. The van der Waals surface area contributed by atoms with Gasteiger partial charge in [-0.2, -0.15) is 5.26 Å². The van der Waals surface area contributed by atoms with E-state index >= 15 is 0 Å². The Labute approximate surface area is 177 Å². The van der Waals surface area contributed by atoms with Crippen molar-refractivity contribution < 1.29 is 18.7 Å². The smallest absolute Gasteiger partial charge is 0.262 e. The largest absolute Gasteiger partial charge is 0.484 e. The molecule has 0 unspecified atom stereocenters. The Balaban J connectivity index is 1.56. The number of amides is 1. The van der Waals surface area contributed by atoms with Crippen LogP contribution in [0, 0.1) is 17.1 Å². The second-order valence-electron chi connectivity index (χ2n) is 6.14. The van der Waals surface area contributed by atoms with Crippen LogP contribution in [0.5, 0.6) is 5.75 Å². The van der Waals surface area contributed by atoms with Crippen LogP contribution in [0.25, 0.3) is 0 Å². The van der Waals surface area contributed by atoms with E-state index in [0.717, 1.165) is 4.90 Å². The molecule has 0 fully saturated rings. The van der Waals surface area contributed by atoms with Gasteiger partial charge < -0.3 is 10.1 Å². The van der Waals surface area contributed by atoms with Gasteiger partial charge in [0.1, 0.15) is 11.6 Å². The van der Waals surface area contributed by atoms with Crippen LogP contribution in [-0.4, -0.2) is 24.1 Å². The number of para-hydroxylation sites is 1. The van der Waals surface area contributed by atoms with E-state index in [0.29, 0.717) is 22.6 Å². The number of hydrogen-bond acceptors (Lipinski definition) is 5. The van der Waals surface area contributed by atoms with Gasteiger partial charge in [-0.3, -0.25) is 9.59 Å². The van der Waals surface area contributed by atoms with E-state index in [1.165, 1.54) is 36.0 Å². The molecule has 150 valence electrons. The van der Waals surface area contributed by atoms with Crippen LogP contribution in [0.4, 0.5) is 10.1 Å². The van der Waals surface area contributed by atoms with Crippen LogP contribution < -0.4 is 10.1 Å². The number of nitriles is 1. The van der Waals surface area contributed by atoms with Gasteiger partial charge in [0.2, 0.25) is 0 Å². The van der Waals surface area contributed by atoms with Crippen molar-refractivity contribution in [3.63, 3.8) is 0 Å². The SMILES string of the molecule is N#CCSc1ccccc1NC(=O)COc1ccc(C(=O)c2ccc(F)cc2)cc1. The van der Waals surface area contributed by atoms with Crippen molar-refractivity contribution in [1.29, 1.82) is 5.26 Å². The minimum atomic E-state index is -0.403. The average Bonchev–Trinajstić information content (AvgIpc) is 2.77. The number of halogens is 1. The third kappa shape index (κ3) is 5.69. The monoisotopic (exact) mass is 420 g/mol. The molecule has 0 atom stereocenters. The molecule has 5 nitrogen and oxygen atoms in total. The van der Waals surface area contributed by atoms with E-state index in [9.17, 15) is 14.0 Å². The molecular formula is C23H17FN2O3S. The second kappa shape index (κ2) is 10.2. The van der Waals surface area contributed by atoms with Gasteiger partial charge in [0.15, 0.2) is 12.4 Å². The molecule has 3 rings (SSSR count). The van der Waals surface area contributed by atoms with Crippen molar-refractivity contribution in [1.82, 2.24) is 0 Å². The maximum absolute atomic E-state index is 13.0. The molecular weight excluding hydrogens is 403 g/mol. The fourth-order valence-electron chi connectivity index (χ4n) is 2.61. The van der Waals surface area contributed by atoms with Gasteiger partial charge in [-0.25, -0.2) is 4.39 Å². The summed E-state index contributed by atoms with van der Waals surface area (Å²) in [6.45, 7) is -0.206. The molecule has 0 spiro atoms. The van der Waals surface area contributed by atoms with Crippen LogP contribution in [0.1, 0.15) is 15.9 Å². The fourth-order valence-corrected chi connectivity index (χ4v) is 3.28. The molecule has 30 heavy (non-hydrogen) atoms. The number of hydrogen-bond donors (Lipinski definition) is 1. The molecule has 0 radical (unpaired) electrons. The van der Waals surface area contributed by atoms with Crippen molar-refractivity contribution in [2.75, 3.05) is 17.7 Å². The molecule has 0 heterocycles. The standard InChI is InChI=1S/C23H17FN2O3S/c24-18-9-5-16(6-10-18)23(28)17-7-11-19(12-8-17)29-15-22(27)26-20-3-1-2-4-21(20)30-14-13-25/h1-12H,14-15H2,(H,26,27). The number of ketones is 1. The third-order valence-corrected chi connectivity index (χ3v) is 4.99. The number of thioether (sulfide) groups is 1. The molecule has 7 heteroatoms. The van der Waals surface area contributed by atoms with E-state index in [2.05, 4.69) is 11.4 Å². The summed E-state index contributed by atoms with van der Waals surface area (Å²) in [7, 11) is 0. The molecule has 3 aromatic carbocycles. The maximum Gasteiger partial charge on any atom is 0.262 e. The number of nitrogens with zero attached hydrogens (tertiary/aromatic N) is 1. The van der Waals surface area contributed by atoms with Gasteiger partial charge in [0.05, 0.1) is 17.5 Å². The number of carbonyl (C=O) groups excluding carboxylic acids is 2. The summed E-state index contributed by atoms with van der Waals surface area (Å²) in [4.78, 5) is 25.4. The topological polar surface area (TPSA) is 79.2 Å². The number of rotatable bonds is 8. The zero-order chi connectivity index (χ0) is 21.3. The predicted octanol–water partition coefficient (Wildman–Crippen LogP) is 4.69. The number of carbonyl (C=O) groups is 2. The number of anilines is 1. The van der Waals surface area contributed by atoms with Crippen molar-refractivity contribution in [2.24, 2.45) is 0 Å². The normalized spacial score (nSPS) is 10.1. The first-order valence-electron chi connectivity index (χ1n) is 8.98. The highest BCUT2D eigenvalue weighted by Crippen LogP contribution is 2.26. The summed E-state index contributed by atoms with van der Waals surface area (Å²) in [6, 6.07) is 21.0. The van der Waals surface area contributed by atoms with E-state index in [4.69, 9.17) is 10.00 Å². The van der Waals surface area contributed by atoms with Gasteiger partial charge in [-0.1, -0.05) is 12.1 Å². The first-order valence-corrected chi connectivity index (χ1v) is 9.97. The highest BCUT2D eigenvalue weighted by Gasteiger charge is 2.11. The van der Waals surface area contributed by atoms with Crippen LogP contribution in [0.2, 0.25) is 0 Å². The Morgan fingerprint density at radius 2 is 1.60 bits per heavy atom. The lowest BCUT2D eigenvalue weighted by Crippen LogP contribution is -2.20. The Morgan fingerprint density at radius 3 is 2.27 bits per heavy atom. The quantitative estimate of drug-likeness (QED) is 0.422. The van der Waals surface area contributed by atoms with Crippen molar-refractivity contribution in [3.05, 3.63) is 89.7 Å². The minimum Gasteiger partial charge on any atom is -0.484 e. The molecule has 0 saturated carbocycles. The van der Waals surface area contributed by atoms with Crippen molar-refractivity contribution in [3.8, 4) is 11.8 Å². The summed E-state index contributed by atoms with van der Waals surface area (Å²) in [5.41, 5.74) is 1.44. The molecule has 0 bridgehead atoms. The maximum atomic E-state index is 13.0. The lowest BCUT2D eigenvalue weighted by molar-refractivity contribution is -0.118. The molecule has 0 aromatic heterocycles. The van der Waals surface area contributed by atoms with Crippen LogP contribution >= 0.6 is 11.8 Å². The molecule has 0 aliphatic heterocycles. The molecule has 1 amide bonds. The van der Waals surface area contributed by atoms with Gasteiger partial charge in [0.25, 0.3) is 5.91 Å². The first kappa shape index (κ1) is 21.1. The van der Waals surface area contributed by atoms with Crippen LogP contribution in [0.3, 0.4) is 0 Å². The van der Waals surface area contributed by atoms with Crippen molar-refractivity contribution >= 4 is 29.1 Å². The number of ether oxygens (including phenoxy) is 1. The Morgan fingerprint density at radius 1 is 0.967 bits per heavy atom. The first-order chi connectivity index (χ1) is 14.6. The lowest BCUT2D eigenvalue weighted by Gasteiger charge is -2.11. The van der Waals surface area contributed by atoms with E-state index in [1.54, 1.807) is 36.4 Å². The molecule has 3 aromatic rings. The van der Waals surface area contributed by atoms with Crippen molar-refractivity contribution in [2.45, 2.75) is 4.90 Å². The molecule has 0 aliphatic rings. The predicted molar refractivity (Wildman–Crippen MR) is 113 cm³/mol. The minimum absolute atomic E-state index is 0.206. The summed E-state index contributed by atoms with van der Waals surface area (Å²) < 4.78 is 18.5. The van der Waals surface area contributed by atoms with Gasteiger partial charge >= 0.3 is 0 Å². The third-order valence-electron chi connectivity index (χ3n) is 4.05. The average molecular weight is 420 g/mol. The lowest BCUT2D eigenvalue weighted by atomic mass is 10.0. The van der Waals surface area contributed by atoms with Gasteiger partial charge in [-0.05, 0) is 60.7 Å². The highest BCUT2D eigenvalue weighted by atomic mass is 32.2. The zero-order valence-corrected chi connectivity index (χ0v) is 16.6. The van der Waals surface area contributed by atoms with Crippen LogP contribution in [0.15, 0.2) is 77.7 Å². The molecule has 0 saturated heterocycles.